The van der Waals surface area contributed by atoms with Crippen molar-refractivity contribution >= 4 is 0 Å². The van der Waals surface area contributed by atoms with Gasteiger partial charge in [0, 0.05) is 19.3 Å². The van der Waals surface area contributed by atoms with Crippen LogP contribution in [-0.4, -0.2) is 33.2 Å². The number of likely N-dealkylation sites (tertiary alicyclic amines) is 1. The molecule has 1 atom stereocenters. The molecule has 0 amide bonds. The van der Waals surface area contributed by atoms with Crippen LogP contribution in [0, 0.1) is 0 Å². The molecule has 1 aliphatic rings. The highest BCUT2D eigenvalue weighted by molar-refractivity contribution is 5.45. The number of piperidine rings is 1. The molecule has 2 aromatic heterocycles. The first-order valence-corrected chi connectivity index (χ1v) is 8.39. The molecule has 122 valence electrons. The normalized spacial score (nSPS) is 18.6. The summed E-state index contributed by atoms with van der Waals surface area (Å²) in [7, 11) is 0. The molecule has 5 nitrogen and oxygen atoms in total. The molecular formula is C19H20N4O. The van der Waals surface area contributed by atoms with Crippen molar-refractivity contribution in [2.24, 2.45) is 0 Å². The third-order valence-corrected chi connectivity index (χ3v) is 4.43. The lowest BCUT2D eigenvalue weighted by atomic mass is 9.97. The summed E-state index contributed by atoms with van der Waals surface area (Å²) in [6, 6.07) is 16.3. The molecule has 0 saturated carbocycles. The van der Waals surface area contributed by atoms with Crippen molar-refractivity contribution in [3.63, 3.8) is 0 Å². The average molecular weight is 320 g/mol. The minimum Gasteiger partial charge on any atom is -0.419 e. The maximum atomic E-state index is 5.90. The molecule has 3 heterocycles. The smallest absolute Gasteiger partial charge is 0.266 e. The molecule has 1 aromatic carbocycles. The zero-order valence-corrected chi connectivity index (χ0v) is 13.5. The van der Waals surface area contributed by atoms with E-state index < -0.39 is 0 Å². The first kappa shape index (κ1) is 15.0. The Kier molecular flexibility index (Phi) is 4.34. The number of rotatable bonds is 4. The second-order valence-electron chi connectivity index (χ2n) is 6.22. The third kappa shape index (κ3) is 3.36. The van der Waals surface area contributed by atoms with Crippen LogP contribution in [0.4, 0.5) is 0 Å². The Hall–Kier alpha value is -2.53. The van der Waals surface area contributed by atoms with Gasteiger partial charge in [-0.05, 0) is 37.1 Å². The van der Waals surface area contributed by atoms with Gasteiger partial charge in [0.15, 0.2) is 0 Å². The Morgan fingerprint density at radius 2 is 1.92 bits per heavy atom. The van der Waals surface area contributed by atoms with Gasteiger partial charge in [0.05, 0.1) is 5.92 Å². The minimum absolute atomic E-state index is 0.299. The fourth-order valence-corrected chi connectivity index (χ4v) is 3.23. The zero-order chi connectivity index (χ0) is 16.2. The van der Waals surface area contributed by atoms with Crippen molar-refractivity contribution in [1.29, 1.82) is 0 Å². The summed E-state index contributed by atoms with van der Waals surface area (Å²) in [4.78, 5) is 6.74. The van der Waals surface area contributed by atoms with E-state index in [1.165, 1.54) is 5.56 Å². The van der Waals surface area contributed by atoms with Crippen molar-refractivity contribution in [2.75, 3.05) is 13.1 Å². The molecule has 3 aromatic rings. The highest BCUT2D eigenvalue weighted by Gasteiger charge is 2.26. The van der Waals surface area contributed by atoms with Crippen molar-refractivity contribution < 1.29 is 4.42 Å². The molecule has 24 heavy (non-hydrogen) atoms. The molecule has 0 unspecified atom stereocenters. The lowest BCUT2D eigenvalue weighted by Gasteiger charge is -2.31. The van der Waals surface area contributed by atoms with Crippen LogP contribution in [0.15, 0.2) is 59.1 Å². The van der Waals surface area contributed by atoms with Crippen LogP contribution in [0.3, 0.4) is 0 Å². The van der Waals surface area contributed by atoms with Gasteiger partial charge in [-0.2, -0.15) is 0 Å². The summed E-state index contributed by atoms with van der Waals surface area (Å²) >= 11 is 0. The Labute approximate surface area is 141 Å². The van der Waals surface area contributed by atoms with Gasteiger partial charge in [0.1, 0.15) is 5.69 Å². The predicted molar refractivity (Wildman–Crippen MR) is 91.2 cm³/mol. The van der Waals surface area contributed by atoms with E-state index >= 15 is 0 Å². The topological polar surface area (TPSA) is 55.1 Å². The Bertz CT molecular complexity index is 772. The molecule has 0 bridgehead atoms. The highest BCUT2D eigenvalue weighted by atomic mass is 16.4. The Morgan fingerprint density at radius 3 is 2.75 bits per heavy atom. The van der Waals surface area contributed by atoms with E-state index in [1.54, 1.807) is 6.20 Å². The van der Waals surface area contributed by atoms with Gasteiger partial charge >= 0.3 is 0 Å². The summed E-state index contributed by atoms with van der Waals surface area (Å²) in [5.74, 6) is 1.53. The van der Waals surface area contributed by atoms with Gasteiger partial charge in [0.2, 0.25) is 5.89 Å². The molecule has 0 radical (unpaired) electrons. The molecule has 1 fully saturated rings. The number of pyridine rings is 1. The van der Waals surface area contributed by atoms with E-state index in [1.807, 2.05) is 18.2 Å². The molecule has 5 heteroatoms. The second-order valence-corrected chi connectivity index (χ2v) is 6.22. The SMILES string of the molecule is c1ccc(CN2CCC[C@H](c3nnc(-c4ccccn4)o3)C2)cc1. The number of nitrogens with zero attached hydrogens (tertiary/aromatic N) is 4. The molecule has 1 saturated heterocycles. The maximum Gasteiger partial charge on any atom is 0.266 e. The first-order chi connectivity index (χ1) is 11.9. The largest absolute Gasteiger partial charge is 0.419 e. The summed E-state index contributed by atoms with van der Waals surface area (Å²) in [6.45, 7) is 3.05. The average Bonchev–Trinajstić information content (AvgIpc) is 3.14. The van der Waals surface area contributed by atoms with Gasteiger partial charge in [-0.1, -0.05) is 36.4 Å². The maximum absolute atomic E-state index is 5.90. The van der Waals surface area contributed by atoms with Crippen molar-refractivity contribution in [3.8, 4) is 11.6 Å². The van der Waals surface area contributed by atoms with E-state index in [2.05, 4.69) is 50.4 Å². The lowest BCUT2D eigenvalue weighted by Crippen LogP contribution is -2.34. The Morgan fingerprint density at radius 1 is 1.04 bits per heavy atom. The minimum atomic E-state index is 0.299. The number of hydrogen-bond acceptors (Lipinski definition) is 5. The van der Waals surface area contributed by atoms with Crippen LogP contribution in [0.25, 0.3) is 11.6 Å². The van der Waals surface area contributed by atoms with Gasteiger partial charge < -0.3 is 4.42 Å². The molecule has 0 aliphatic carbocycles. The van der Waals surface area contributed by atoms with Crippen LogP contribution in [0.2, 0.25) is 0 Å². The van der Waals surface area contributed by atoms with E-state index in [-0.39, 0.29) is 0 Å². The molecule has 4 rings (SSSR count). The van der Waals surface area contributed by atoms with Crippen LogP contribution < -0.4 is 0 Å². The number of aromatic nitrogens is 3. The van der Waals surface area contributed by atoms with Gasteiger partial charge in [-0.3, -0.25) is 9.88 Å². The lowest BCUT2D eigenvalue weighted by molar-refractivity contribution is 0.186. The standard InChI is InChI=1S/C19H20N4O/c1-2-7-15(8-3-1)13-23-12-6-9-16(14-23)18-21-22-19(24-18)17-10-4-5-11-20-17/h1-5,7-8,10-11,16H,6,9,12-14H2/t16-/m0/s1. The van der Waals surface area contributed by atoms with E-state index in [9.17, 15) is 0 Å². The second kappa shape index (κ2) is 6.93. The Balaban J connectivity index is 1.45. The van der Waals surface area contributed by atoms with Crippen LogP contribution in [0.1, 0.15) is 30.2 Å². The monoisotopic (exact) mass is 320 g/mol. The van der Waals surface area contributed by atoms with Gasteiger partial charge in [-0.25, -0.2) is 0 Å². The highest BCUT2D eigenvalue weighted by Crippen LogP contribution is 2.28. The summed E-state index contributed by atoms with van der Waals surface area (Å²) in [6.07, 6.45) is 3.98. The van der Waals surface area contributed by atoms with E-state index in [0.29, 0.717) is 11.8 Å². The molecule has 0 N–H and O–H groups in total. The number of hydrogen-bond donors (Lipinski definition) is 0. The van der Waals surface area contributed by atoms with Crippen LogP contribution in [-0.2, 0) is 6.54 Å². The zero-order valence-electron chi connectivity index (χ0n) is 13.5. The van der Waals surface area contributed by atoms with Gasteiger partial charge in [0.25, 0.3) is 5.89 Å². The fourth-order valence-electron chi connectivity index (χ4n) is 3.23. The van der Waals surface area contributed by atoms with Crippen LogP contribution >= 0.6 is 0 Å². The third-order valence-electron chi connectivity index (χ3n) is 4.43. The van der Waals surface area contributed by atoms with Crippen molar-refractivity contribution in [2.45, 2.75) is 25.3 Å². The number of benzene rings is 1. The van der Waals surface area contributed by atoms with E-state index in [0.717, 1.165) is 44.1 Å². The van der Waals surface area contributed by atoms with Crippen LogP contribution in [0.5, 0.6) is 0 Å². The fraction of sp³-hybridized carbons (Fsp3) is 0.316. The van der Waals surface area contributed by atoms with E-state index in [4.69, 9.17) is 4.42 Å². The van der Waals surface area contributed by atoms with Crippen molar-refractivity contribution in [1.82, 2.24) is 20.1 Å². The van der Waals surface area contributed by atoms with Gasteiger partial charge in [-0.15, -0.1) is 10.2 Å². The summed E-state index contributed by atoms with van der Waals surface area (Å²) in [5, 5.41) is 8.45. The predicted octanol–water partition coefficient (Wildman–Crippen LogP) is 3.51. The molecule has 0 spiro atoms. The quantitative estimate of drug-likeness (QED) is 0.736. The first-order valence-electron chi connectivity index (χ1n) is 8.39. The molecule has 1 aliphatic heterocycles. The van der Waals surface area contributed by atoms with Crippen molar-refractivity contribution in [3.05, 3.63) is 66.2 Å². The summed E-state index contributed by atoms with van der Waals surface area (Å²) in [5.41, 5.74) is 2.08. The molecular weight excluding hydrogens is 300 g/mol. The summed E-state index contributed by atoms with van der Waals surface area (Å²) < 4.78 is 5.90.